The maximum absolute atomic E-state index is 12.5. The molecule has 0 amide bonds. The normalized spacial score (nSPS) is 12.3. The number of oxazole rings is 1. The Morgan fingerprint density at radius 1 is 1.19 bits per heavy atom. The van der Waals surface area contributed by atoms with Gasteiger partial charge in [0, 0.05) is 13.1 Å². The van der Waals surface area contributed by atoms with Gasteiger partial charge < -0.3 is 9.15 Å². The molecule has 3 rings (SSSR count). The summed E-state index contributed by atoms with van der Waals surface area (Å²) in [5, 5.41) is 0. The number of sulfonamides is 1. The first-order valence-corrected chi connectivity index (χ1v) is 9.41. The zero-order chi connectivity index (χ0) is 20.0. The van der Waals surface area contributed by atoms with Crippen molar-refractivity contribution in [1.29, 1.82) is 0 Å². The van der Waals surface area contributed by atoms with E-state index >= 15 is 0 Å². The van der Waals surface area contributed by atoms with Gasteiger partial charge in [-0.15, -0.1) is 13.2 Å². The minimum Gasteiger partial charge on any atom is -0.408 e. The molecule has 0 unspecified atom stereocenters. The fourth-order valence-corrected chi connectivity index (χ4v) is 3.79. The molecule has 0 bridgehead atoms. The molecule has 0 aliphatic rings. The second-order valence-corrected chi connectivity index (χ2v) is 7.89. The predicted octanol–water partition coefficient (Wildman–Crippen LogP) is 3.59. The summed E-state index contributed by atoms with van der Waals surface area (Å²) in [6, 6.07) is 7.06. The van der Waals surface area contributed by atoms with Crippen LogP contribution in [0.4, 0.5) is 18.9 Å². The Morgan fingerprint density at radius 3 is 2.52 bits per heavy atom. The number of aryl methyl sites for hydroxylation is 1. The van der Waals surface area contributed by atoms with Gasteiger partial charge in [0.15, 0.2) is 5.58 Å². The summed E-state index contributed by atoms with van der Waals surface area (Å²) in [7, 11) is -2.60. The van der Waals surface area contributed by atoms with Crippen LogP contribution in [0, 0.1) is 0 Å². The van der Waals surface area contributed by atoms with Crippen molar-refractivity contribution >= 4 is 42.7 Å². The van der Waals surface area contributed by atoms with Crippen LogP contribution in [0.2, 0.25) is 0 Å². The molecule has 0 aliphatic carbocycles. The first kappa shape index (κ1) is 19.3. The van der Waals surface area contributed by atoms with Gasteiger partial charge in [0.2, 0.25) is 0 Å². The molecule has 1 heterocycles. The van der Waals surface area contributed by atoms with Crippen LogP contribution in [-0.2, 0) is 17.1 Å². The van der Waals surface area contributed by atoms with Gasteiger partial charge in [-0.2, -0.15) is 0 Å². The molecule has 144 valence electrons. The van der Waals surface area contributed by atoms with Gasteiger partial charge in [-0.05, 0) is 46.3 Å². The highest BCUT2D eigenvalue weighted by molar-refractivity contribution is 9.10. The molecule has 0 fully saturated rings. The number of hydrogen-bond acceptors (Lipinski definition) is 5. The van der Waals surface area contributed by atoms with E-state index in [-0.39, 0.29) is 20.6 Å². The van der Waals surface area contributed by atoms with Crippen LogP contribution in [0.5, 0.6) is 5.75 Å². The maximum Gasteiger partial charge on any atom is 0.573 e. The Bertz CT molecular complexity index is 1180. The molecule has 0 aliphatic heterocycles. The summed E-state index contributed by atoms with van der Waals surface area (Å²) in [6.07, 6.45) is -4.88. The highest BCUT2D eigenvalue weighted by Gasteiger charge is 2.32. The summed E-state index contributed by atoms with van der Waals surface area (Å²) >= 11 is 2.89. The van der Waals surface area contributed by atoms with Gasteiger partial charge in [0.05, 0.1) is 20.6 Å². The number of fused-ring (bicyclic) bond motifs is 1. The lowest BCUT2D eigenvalue weighted by Gasteiger charge is -2.13. The van der Waals surface area contributed by atoms with Gasteiger partial charge in [-0.1, -0.05) is 0 Å². The number of aromatic nitrogens is 1. The monoisotopic (exact) mass is 466 g/mol. The van der Waals surface area contributed by atoms with Crippen LogP contribution in [0.25, 0.3) is 11.1 Å². The summed E-state index contributed by atoms with van der Waals surface area (Å²) in [5.41, 5.74) is 0.502. The molecule has 1 aromatic heterocycles. The highest BCUT2D eigenvalue weighted by Crippen LogP contribution is 2.33. The minimum absolute atomic E-state index is 0.00557. The number of benzene rings is 2. The smallest absolute Gasteiger partial charge is 0.408 e. The van der Waals surface area contributed by atoms with E-state index < -0.39 is 27.9 Å². The Kier molecular flexibility index (Phi) is 4.72. The van der Waals surface area contributed by atoms with E-state index in [1.165, 1.54) is 29.8 Å². The van der Waals surface area contributed by atoms with Crippen LogP contribution in [0.1, 0.15) is 0 Å². The van der Waals surface area contributed by atoms with Crippen molar-refractivity contribution in [3.63, 3.8) is 0 Å². The van der Waals surface area contributed by atoms with Gasteiger partial charge in [-0.3, -0.25) is 9.29 Å². The van der Waals surface area contributed by atoms with E-state index in [1.54, 1.807) is 0 Å². The van der Waals surface area contributed by atoms with E-state index in [0.29, 0.717) is 5.52 Å². The first-order valence-electron chi connectivity index (χ1n) is 7.14. The average Bonchev–Trinajstić information content (AvgIpc) is 2.83. The molecule has 0 saturated heterocycles. The molecule has 3 aromatic rings. The molecule has 7 nitrogen and oxygen atoms in total. The van der Waals surface area contributed by atoms with Gasteiger partial charge in [0.25, 0.3) is 10.0 Å². The lowest BCUT2D eigenvalue weighted by molar-refractivity contribution is -0.274. The molecule has 12 heteroatoms. The van der Waals surface area contributed by atoms with Crippen molar-refractivity contribution in [2.45, 2.75) is 11.3 Å². The Hall–Kier alpha value is -2.47. The number of anilines is 1. The van der Waals surface area contributed by atoms with Crippen LogP contribution in [0.15, 0.2) is 55.0 Å². The fourth-order valence-electron chi connectivity index (χ4n) is 2.27. The number of ether oxygens (including phenoxy) is 1. The van der Waals surface area contributed by atoms with Crippen molar-refractivity contribution in [1.82, 2.24) is 4.57 Å². The third-order valence-corrected chi connectivity index (χ3v) is 5.48. The molecule has 2 aromatic carbocycles. The third-order valence-electron chi connectivity index (χ3n) is 3.48. The molecule has 0 saturated carbocycles. The Labute approximate surface area is 158 Å². The Morgan fingerprint density at radius 2 is 1.89 bits per heavy atom. The van der Waals surface area contributed by atoms with E-state index in [0.717, 1.165) is 18.2 Å². The number of alkyl halides is 3. The second kappa shape index (κ2) is 6.60. The fraction of sp³-hybridized carbons (Fsp3) is 0.133. The number of halogens is 4. The summed E-state index contributed by atoms with van der Waals surface area (Å²) in [4.78, 5) is 11.3. The number of nitrogens with one attached hydrogen (secondary N) is 1. The highest BCUT2D eigenvalue weighted by atomic mass is 79.9. The predicted molar refractivity (Wildman–Crippen MR) is 93.1 cm³/mol. The molecule has 0 radical (unpaired) electrons. The largest absolute Gasteiger partial charge is 0.573 e. The van der Waals surface area contributed by atoms with Crippen molar-refractivity contribution in [2.24, 2.45) is 7.05 Å². The van der Waals surface area contributed by atoms with E-state index in [1.807, 2.05) is 0 Å². The van der Waals surface area contributed by atoms with Gasteiger partial charge in [0.1, 0.15) is 5.75 Å². The molecular formula is C15H10BrF3N2O5S. The van der Waals surface area contributed by atoms with Crippen LogP contribution < -0.4 is 15.2 Å². The SMILES string of the molecule is Cn1c(=O)oc2cc(S(=O)(=O)Nc3ccc(OC(F)(F)F)c(Br)c3)ccc21. The topological polar surface area (TPSA) is 90.5 Å². The van der Waals surface area contributed by atoms with Gasteiger partial charge >= 0.3 is 12.1 Å². The lowest BCUT2D eigenvalue weighted by atomic mass is 10.3. The van der Waals surface area contributed by atoms with E-state index in [2.05, 4.69) is 25.4 Å². The molecule has 0 atom stereocenters. The summed E-state index contributed by atoms with van der Waals surface area (Å²) in [6.45, 7) is 0. The van der Waals surface area contributed by atoms with E-state index in [4.69, 9.17) is 4.42 Å². The zero-order valence-corrected chi connectivity index (χ0v) is 15.8. The third kappa shape index (κ3) is 4.11. The number of nitrogens with zero attached hydrogens (tertiary/aromatic N) is 1. The maximum atomic E-state index is 12.5. The summed E-state index contributed by atoms with van der Waals surface area (Å²) < 4.78 is 74.0. The molecule has 1 N–H and O–H groups in total. The molecular weight excluding hydrogens is 457 g/mol. The van der Waals surface area contributed by atoms with Crippen molar-refractivity contribution in [3.8, 4) is 5.75 Å². The number of rotatable bonds is 4. The standard InChI is InChI=1S/C15H10BrF3N2O5S/c1-21-11-4-3-9(7-13(11)25-14(21)22)27(23,24)20-8-2-5-12(10(16)6-8)26-15(17,18)19/h2-7,20H,1H3. The van der Waals surface area contributed by atoms with E-state index in [9.17, 15) is 26.4 Å². The van der Waals surface area contributed by atoms with Crippen LogP contribution >= 0.6 is 15.9 Å². The second-order valence-electron chi connectivity index (χ2n) is 5.36. The van der Waals surface area contributed by atoms with Crippen LogP contribution in [0.3, 0.4) is 0 Å². The summed E-state index contributed by atoms with van der Waals surface area (Å²) in [5.74, 6) is -1.16. The molecule has 0 spiro atoms. The molecule has 27 heavy (non-hydrogen) atoms. The first-order chi connectivity index (χ1) is 12.5. The zero-order valence-electron chi connectivity index (χ0n) is 13.4. The lowest BCUT2D eigenvalue weighted by Crippen LogP contribution is -2.17. The van der Waals surface area contributed by atoms with Crippen molar-refractivity contribution < 1.29 is 30.7 Å². The average molecular weight is 467 g/mol. The number of hydrogen-bond donors (Lipinski definition) is 1. The van der Waals surface area contributed by atoms with Crippen LogP contribution in [-0.4, -0.2) is 19.3 Å². The Balaban J connectivity index is 1.90. The van der Waals surface area contributed by atoms with Crippen molar-refractivity contribution in [2.75, 3.05) is 4.72 Å². The minimum atomic E-state index is -4.88. The van der Waals surface area contributed by atoms with Crippen molar-refractivity contribution in [3.05, 3.63) is 51.4 Å². The quantitative estimate of drug-likeness (QED) is 0.634. The van der Waals surface area contributed by atoms with Gasteiger partial charge in [-0.25, -0.2) is 13.2 Å².